The van der Waals surface area contributed by atoms with Crippen molar-refractivity contribution in [3.8, 4) is 0 Å². The molecule has 4 aromatic rings. The molecule has 0 fully saturated rings. The van der Waals surface area contributed by atoms with Gasteiger partial charge in [0.05, 0.1) is 0 Å². The number of aryl methyl sites for hydroxylation is 2. The van der Waals surface area contributed by atoms with Gasteiger partial charge in [-0.1, -0.05) is 72.3 Å². The van der Waals surface area contributed by atoms with Gasteiger partial charge in [0.15, 0.2) is 5.78 Å². The lowest BCUT2D eigenvalue weighted by molar-refractivity contribution is 0.104. The number of carbonyl (C=O) groups excluding carboxylic acids is 1. The number of rotatable bonds is 2. The number of carbonyl (C=O) groups is 1. The third kappa shape index (κ3) is 2.39. The molecule has 0 aromatic heterocycles. The van der Waals surface area contributed by atoms with E-state index in [-0.39, 0.29) is 5.78 Å². The molecule has 0 bridgehead atoms. The van der Waals surface area contributed by atoms with E-state index in [4.69, 9.17) is 0 Å². The van der Waals surface area contributed by atoms with E-state index in [1.165, 1.54) is 5.56 Å². The minimum Gasteiger partial charge on any atom is -0.289 e. The Morgan fingerprint density at radius 3 is 2.29 bits per heavy atom. The standard InChI is InChI=1S/C23H18O/c1-15-7-12-21-19(13-15)9-8-16(2)22(21)23(24)20-11-10-17-5-3-4-6-18(17)14-20/h3-14H,1-2H3. The average molecular weight is 310 g/mol. The molecule has 1 nitrogen and oxygen atoms in total. The summed E-state index contributed by atoms with van der Waals surface area (Å²) in [5, 5.41) is 4.39. The molecular formula is C23H18O. The molecule has 0 heterocycles. The van der Waals surface area contributed by atoms with Crippen molar-refractivity contribution in [1.29, 1.82) is 0 Å². The Bertz CT molecular complexity index is 1090. The molecule has 0 aliphatic heterocycles. The largest absolute Gasteiger partial charge is 0.289 e. The van der Waals surface area contributed by atoms with Gasteiger partial charge in [-0.05, 0) is 47.0 Å². The maximum Gasteiger partial charge on any atom is 0.193 e. The maximum absolute atomic E-state index is 13.2. The molecular weight excluding hydrogens is 292 g/mol. The maximum atomic E-state index is 13.2. The molecule has 0 aliphatic carbocycles. The first-order valence-corrected chi connectivity index (χ1v) is 8.17. The van der Waals surface area contributed by atoms with Crippen LogP contribution in [0.2, 0.25) is 0 Å². The molecule has 0 unspecified atom stereocenters. The molecule has 0 radical (unpaired) electrons. The first-order chi connectivity index (χ1) is 11.6. The SMILES string of the molecule is Cc1ccc2c(C(=O)c3ccc4ccccc4c3)c(C)ccc2c1. The quantitative estimate of drug-likeness (QED) is 0.425. The van der Waals surface area contributed by atoms with Crippen LogP contribution in [0.1, 0.15) is 27.0 Å². The Labute approximate surface area is 141 Å². The lowest BCUT2D eigenvalue weighted by Crippen LogP contribution is -2.05. The summed E-state index contributed by atoms with van der Waals surface area (Å²) in [4.78, 5) is 13.2. The molecule has 4 rings (SSSR count). The molecule has 24 heavy (non-hydrogen) atoms. The summed E-state index contributed by atoms with van der Waals surface area (Å²) in [6.07, 6.45) is 0. The second kappa shape index (κ2) is 5.61. The van der Waals surface area contributed by atoms with E-state index >= 15 is 0 Å². The van der Waals surface area contributed by atoms with Crippen LogP contribution in [0.5, 0.6) is 0 Å². The molecule has 0 amide bonds. The fourth-order valence-corrected chi connectivity index (χ4v) is 3.33. The van der Waals surface area contributed by atoms with E-state index in [2.05, 4.69) is 37.3 Å². The fraction of sp³-hybridized carbons (Fsp3) is 0.0870. The van der Waals surface area contributed by atoms with Gasteiger partial charge in [-0.3, -0.25) is 4.79 Å². The summed E-state index contributed by atoms with van der Waals surface area (Å²) in [5.74, 6) is 0.0905. The third-order valence-electron chi connectivity index (χ3n) is 4.62. The number of ketones is 1. The van der Waals surface area contributed by atoms with Crippen LogP contribution in [0.3, 0.4) is 0 Å². The van der Waals surface area contributed by atoms with E-state index in [1.807, 2.05) is 49.4 Å². The van der Waals surface area contributed by atoms with Gasteiger partial charge < -0.3 is 0 Å². The Balaban J connectivity index is 1.92. The summed E-state index contributed by atoms with van der Waals surface area (Å²) >= 11 is 0. The van der Waals surface area contributed by atoms with Crippen molar-refractivity contribution in [2.45, 2.75) is 13.8 Å². The van der Waals surface area contributed by atoms with Crippen molar-refractivity contribution < 1.29 is 4.79 Å². The summed E-state index contributed by atoms with van der Waals surface area (Å²) < 4.78 is 0. The monoisotopic (exact) mass is 310 g/mol. The molecule has 0 spiro atoms. The topological polar surface area (TPSA) is 17.1 Å². The third-order valence-corrected chi connectivity index (χ3v) is 4.62. The summed E-state index contributed by atoms with van der Waals surface area (Å²) in [5.41, 5.74) is 3.77. The van der Waals surface area contributed by atoms with Crippen LogP contribution >= 0.6 is 0 Å². The van der Waals surface area contributed by atoms with Crippen molar-refractivity contribution >= 4 is 27.3 Å². The molecule has 0 aliphatic rings. The van der Waals surface area contributed by atoms with Crippen LogP contribution < -0.4 is 0 Å². The normalized spacial score (nSPS) is 11.1. The molecule has 116 valence electrons. The molecule has 0 N–H and O–H groups in total. The lowest BCUT2D eigenvalue weighted by atomic mass is 9.92. The van der Waals surface area contributed by atoms with Crippen LogP contribution in [0.4, 0.5) is 0 Å². The highest BCUT2D eigenvalue weighted by atomic mass is 16.1. The zero-order valence-electron chi connectivity index (χ0n) is 13.8. The van der Waals surface area contributed by atoms with Crippen molar-refractivity contribution in [1.82, 2.24) is 0 Å². The van der Waals surface area contributed by atoms with Gasteiger partial charge in [0.2, 0.25) is 0 Å². The zero-order chi connectivity index (χ0) is 16.7. The molecule has 0 saturated heterocycles. The van der Waals surface area contributed by atoms with Gasteiger partial charge in [0.1, 0.15) is 0 Å². The highest BCUT2D eigenvalue weighted by Gasteiger charge is 2.15. The van der Waals surface area contributed by atoms with Gasteiger partial charge in [-0.25, -0.2) is 0 Å². The number of hydrogen-bond donors (Lipinski definition) is 0. The van der Waals surface area contributed by atoms with E-state index < -0.39 is 0 Å². The Hall–Kier alpha value is -2.93. The van der Waals surface area contributed by atoms with Crippen LogP contribution in [0.25, 0.3) is 21.5 Å². The van der Waals surface area contributed by atoms with Gasteiger partial charge in [0, 0.05) is 11.1 Å². The summed E-state index contributed by atoms with van der Waals surface area (Å²) in [7, 11) is 0. The second-order valence-corrected chi connectivity index (χ2v) is 6.37. The highest BCUT2D eigenvalue weighted by molar-refractivity contribution is 6.18. The van der Waals surface area contributed by atoms with Crippen molar-refractivity contribution in [2.75, 3.05) is 0 Å². The average Bonchev–Trinajstić information content (AvgIpc) is 2.61. The van der Waals surface area contributed by atoms with E-state index in [9.17, 15) is 4.79 Å². The second-order valence-electron chi connectivity index (χ2n) is 6.37. The smallest absolute Gasteiger partial charge is 0.193 e. The minimum absolute atomic E-state index is 0.0905. The minimum atomic E-state index is 0.0905. The number of benzene rings is 4. The molecule has 4 aromatic carbocycles. The summed E-state index contributed by atoms with van der Waals surface area (Å²) in [6.45, 7) is 4.08. The van der Waals surface area contributed by atoms with E-state index in [1.54, 1.807) is 0 Å². The van der Waals surface area contributed by atoms with Crippen molar-refractivity contribution in [3.63, 3.8) is 0 Å². The first-order valence-electron chi connectivity index (χ1n) is 8.17. The molecule has 0 atom stereocenters. The van der Waals surface area contributed by atoms with Crippen molar-refractivity contribution in [2.24, 2.45) is 0 Å². The van der Waals surface area contributed by atoms with Gasteiger partial charge in [-0.15, -0.1) is 0 Å². The lowest BCUT2D eigenvalue weighted by Gasteiger charge is -2.11. The van der Waals surface area contributed by atoms with Crippen LogP contribution in [-0.4, -0.2) is 5.78 Å². The summed E-state index contributed by atoms with van der Waals surface area (Å²) in [6, 6.07) is 24.5. The van der Waals surface area contributed by atoms with Gasteiger partial charge in [-0.2, -0.15) is 0 Å². The molecule has 1 heteroatoms. The highest BCUT2D eigenvalue weighted by Crippen LogP contribution is 2.27. The number of fused-ring (bicyclic) bond motifs is 2. The Morgan fingerprint density at radius 1 is 0.708 bits per heavy atom. The fourth-order valence-electron chi connectivity index (χ4n) is 3.33. The number of hydrogen-bond acceptors (Lipinski definition) is 1. The van der Waals surface area contributed by atoms with Crippen molar-refractivity contribution in [3.05, 3.63) is 95.1 Å². The Morgan fingerprint density at radius 2 is 1.46 bits per heavy atom. The van der Waals surface area contributed by atoms with Gasteiger partial charge in [0.25, 0.3) is 0 Å². The van der Waals surface area contributed by atoms with Gasteiger partial charge >= 0.3 is 0 Å². The van der Waals surface area contributed by atoms with E-state index in [0.29, 0.717) is 0 Å². The van der Waals surface area contributed by atoms with Crippen LogP contribution in [0.15, 0.2) is 72.8 Å². The molecule has 0 saturated carbocycles. The first kappa shape index (κ1) is 14.6. The van der Waals surface area contributed by atoms with E-state index in [0.717, 1.165) is 38.2 Å². The van der Waals surface area contributed by atoms with Crippen LogP contribution in [-0.2, 0) is 0 Å². The Kier molecular flexibility index (Phi) is 3.42. The predicted molar refractivity (Wildman–Crippen MR) is 101 cm³/mol. The zero-order valence-corrected chi connectivity index (χ0v) is 13.8. The predicted octanol–water partition coefficient (Wildman–Crippen LogP) is 5.84. The van der Waals surface area contributed by atoms with Crippen LogP contribution in [0, 0.1) is 13.8 Å².